The third-order valence-electron chi connectivity index (χ3n) is 3.77. The second-order valence-corrected chi connectivity index (χ2v) is 4.68. The number of rotatable bonds is 6. The van der Waals surface area contributed by atoms with Gasteiger partial charge in [0.1, 0.15) is 12.0 Å². The fourth-order valence-corrected chi connectivity index (χ4v) is 2.07. The Kier molecular flexibility index (Phi) is 5.01. The molecule has 1 aromatic rings. The van der Waals surface area contributed by atoms with E-state index in [9.17, 15) is 14.9 Å². The highest BCUT2D eigenvalue weighted by Crippen LogP contribution is 2.22. The van der Waals surface area contributed by atoms with E-state index in [1.165, 1.54) is 0 Å². The summed E-state index contributed by atoms with van der Waals surface area (Å²) in [7, 11) is 0. The van der Waals surface area contributed by atoms with Crippen molar-refractivity contribution >= 4 is 17.4 Å². The van der Waals surface area contributed by atoms with E-state index in [4.69, 9.17) is 5.73 Å². The first-order chi connectivity index (χ1) is 9.39. The molecule has 0 unspecified atom stereocenters. The van der Waals surface area contributed by atoms with E-state index in [1.807, 2.05) is 20.8 Å². The van der Waals surface area contributed by atoms with Crippen LogP contribution < -0.4 is 11.1 Å². The number of nitrogens with two attached hydrogens (primary N) is 1. The maximum absolute atomic E-state index is 12.3. The summed E-state index contributed by atoms with van der Waals surface area (Å²) in [4.78, 5) is 26.1. The SMILES string of the molecule is CCC(CC)(CC)NC(=O)c1cc([N+](=O)[O-])cnc1N. The highest BCUT2D eigenvalue weighted by atomic mass is 16.6. The molecule has 7 nitrogen and oxygen atoms in total. The summed E-state index contributed by atoms with van der Waals surface area (Å²) in [6.45, 7) is 5.97. The highest BCUT2D eigenvalue weighted by Gasteiger charge is 2.28. The fourth-order valence-electron chi connectivity index (χ4n) is 2.07. The van der Waals surface area contributed by atoms with Crippen LogP contribution in [0.5, 0.6) is 0 Å². The number of nitrogens with zero attached hydrogens (tertiary/aromatic N) is 2. The third kappa shape index (κ3) is 3.23. The molecular weight excluding hydrogens is 260 g/mol. The van der Waals surface area contributed by atoms with Crippen LogP contribution in [0.25, 0.3) is 0 Å². The van der Waals surface area contributed by atoms with Crippen LogP contribution in [0.3, 0.4) is 0 Å². The van der Waals surface area contributed by atoms with Gasteiger partial charge in [0, 0.05) is 11.6 Å². The molecule has 20 heavy (non-hydrogen) atoms. The van der Waals surface area contributed by atoms with Gasteiger partial charge in [-0.3, -0.25) is 14.9 Å². The molecule has 0 saturated heterocycles. The number of nitrogens with one attached hydrogen (secondary N) is 1. The predicted octanol–water partition coefficient (Wildman–Crippen LogP) is 2.27. The zero-order valence-corrected chi connectivity index (χ0v) is 12.0. The number of anilines is 1. The van der Waals surface area contributed by atoms with Crippen molar-refractivity contribution < 1.29 is 9.72 Å². The van der Waals surface area contributed by atoms with Gasteiger partial charge in [-0.05, 0) is 19.3 Å². The minimum absolute atomic E-state index is 0.00897. The summed E-state index contributed by atoms with van der Waals surface area (Å²) in [5.41, 5.74) is 5.10. The van der Waals surface area contributed by atoms with Gasteiger partial charge in [-0.25, -0.2) is 4.98 Å². The molecule has 0 aliphatic heterocycles. The van der Waals surface area contributed by atoms with Crippen LogP contribution >= 0.6 is 0 Å². The number of carbonyl (C=O) groups excluding carboxylic acids is 1. The first-order valence-corrected chi connectivity index (χ1v) is 6.61. The van der Waals surface area contributed by atoms with Gasteiger partial charge in [0.25, 0.3) is 11.6 Å². The number of carbonyl (C=O) groups is 1. The summed E-state index contributed by atoms with van der Waals surface area (Å²) < 4.78 is 0. The molecular formula is C13H20N4O3. The van der Waals surface area contributed by atoms with Crippen LogP contribution in [0.2, 0.25) is 0 Å². The molecule has 0 bridgehead atoms. The third-order valence-corrected chi connectivity index (χ3v) is 3.77. The van der Waals surface area contributed by atoms with Gasteiger partial charge < -0.3 is 11.1 Å². The molecule has 0 fully saturated rings. The Balaban J connectivity index is 3.08. The van der Waals surface area contributed by atoms with E-state index in [0.717, 1.165) is 31.5 Å². The highest BCUT2D eigenvalue weighted by molar-refractivity contribution is 5.99. The zero-order chi connectivity index (χ0) is 15.3. The Hall–Kier alpha value is -2.18. The van der Waals surface area contributed by atoms with E-state index < -0.39 is 10.8 Å². The van der Waals surface area contributed by atoms with Crippen molar-refractivity contribution in [3.05, 3.63) is 27.9 Å². The molecule has 0 radical (unpaired) electrons. The average molecular weight is 280 g/mol. The van der Waals surface area contributed by atoms with Crippen molar-refractivity contribution in [1.29, 1.82) is 0 Å². The Bertz CT molecular complexity index is 504. The number of amides is 1. The number of hydrogen-bond donors (Lipinski definition) is 2. The predicted molar refractivity (Wildman–Crippen MR) is 76.4 cm³/mol. The molecule has 3 N–H and O–H groups in total. The van der Waals surface area contributed by atoms with Gasteiger partial charge in [0.05, 0.1) is 10.5 Å². The first kappa shape index (κ1) is 15.9. The van der Waals surface area contributed by atoms with Gasteiger partial charge >= 0.3 is 0 Å². The Morgan fingerprint density at radius 1 is 1.40 bits per heavy atom. The van der Waals surface area contributed by atoms with Crippen LogP contribution in [0.1, 0.15) is 50.4 Å². The number of pyridine rings is 1. The van der Waals surface area contributed by atoms with Crippen molar-refractivity contribution in [2.45, 2.75) is 45.6 Å². The molecule has 0 spiro atoms. The first-order valence-electron chi connectivity index (χ1n) is 6.61. The quantitative estimate of drug-likeness (QED) is 0.613. The van der Waals surface area contributed by atoms with Crippen LogP contribution in [-0.4, -0.2) is 21.4 Å². The molecule has 0 aromatic carbocycles. The molecule has 0 atom stereocenters. The standard InChI is InChI=1S/C13H20N4O3/c1-4-13(5-2,6-3)16-12(18)10-7-9(17(19)20)8-15-11(10)14/h7-8H,4-6H2,1-3H3,(H2,14,15)(H,16,18). The monoisotopic (exact) mass is 280 g/mol. The van der Waals surface area contributed by atoms with Crippen LogP contribution in [0, 0.1) is 10.1 Å². The molecule has 1 rings (SSSR count). The lowest BCUT2D eigenvalue weighted by Crippen LogP contribution is -2.47. The largest absolute Gasteiger partial charge is 0.383 e. The summed E-state index contributed by atoms with van der Waals surface area (Å²) >= 11 is 0. The minimum Gasteiger partial charge on any atom is -0.383 e. The molecule has 0 aliphatic carbocycles. The van der Waals surface area contributed by atoms with Gasteiger partial charge in [-0.1, -0.05) is 20.8 Å². The van der Waals surface area contributed by atoms with Crippen molar-refractivity contribution in [3.63, 3.8) is 0 Å². The molecule has 1 heterocycles. The number of aromatic nitrogens is 1. The lowest BCUT2D eigenvalue weighted by atomic mass is 9.89. The second-order valence-electron chi connectivity index (χ2n) is 4.68. The molecule has 110 valence electrons. The second kappa shape index (κ2) is 6.31. The summed E-state index contributed by atoms with van der Waals surface area (Å²) in [5, 5.41) is 13.7. The Morgan fingerprint density at radius 2 is 1.95 bits per heavy atom. The smallest absolute Gasteiger partial charge is 0.288 e. The molecule has 1 amide bonds. The lowest BCUT2D eigenvalue weighted by Gasteiger charge is -2.31. The molecule has 7 heteroatoms. The van der Waals surface area contributed by atoms with E-state index in [2.05, 4.69) is 10.3 Å². The van der Waals surface area contributed by atoms with Crippen LogP contribution in [0.15, 0.2) is 12.3 Å². The van der Waals surface area contributed by atoms with E-state index >= 15 is 0 Å². The normalized spacial score (nSPS) is 11.2. The van der Waals surface area contributed by atoms with E-state index in [1.54, 1.807) is 0 Å². The Labute approximate surface area is 117 Å². The number of nitrogen functional groups attached to an aromatic ring is 1. The van der Waals surface area contributed by atoms with Gasteiger partial charge in [-0.15, -0.1) is 0 Å². The number of nitro groups is 1. The minimum atomic E-state index is -0.601. The topological polar surface area (TPSA) is 111 Å². The number of hydrogen-bond acceptors (Lipinski definition) is 5. The summed E-state index contributed by atoms with van der Waals surface area (Å²) in [6.07, 6.45) is 3.36. The lowest BCUT2D eigenvalue weighted by molar-refractivity contribution is -0.385. The van der Waals surface area contributed by atoms with Crippen LogP contribution in [0.4, 0.5) is 11.5 Å². The van der Waals surface area contributed by atoms with E-state index in [0.29, 0.717) is 0 Å². The molecule has 0 saturated carbocycles. The Morgan fingerprint density at radius 3 is 2.40 bits per heavy atom. The van der Waals surface area contributed by atoms with Crippen LogP contribution in [-0.2, 0) is 0 Å². The fraction of sp³-hybridized carbons (Fsp3) is 0.538. The molecule has 1 aromatic heterocycles. The van der Waals surface area contributed by atoms with Crippen molar-refractivity contribution in [2.75, 3.05) is 5.73 Å². The maximum Gasteiger partial charge on any atom is 0.288 e. The van der Waals surface area contributed by atoms with Gasteiger partial charge in [0.15, 0.2) is 0 Å². The average Bonchev–Trinajstić information content (AvgIpc) is 2.45. The maximum atomic E-state index is 12.3. The summed E-state index contributed by atoms with van der Waals surface area (Å²) in [6, 6.07) is 1.16. The van der Waals surface area contributed by atoms with Gasteiger partial charge in [0.2, 0.25) is 0 Å². The van der Waals surface area contributed by atoms with Crippen molar-refractivity contribution in [2.24, 2.45) is 0 Å². The van der Waals surface area contributed by atoms with Crippen molar-refractivity contribution in [1.82, 2.24) is 10.3 Å². The summed E-state index contributed by atoms with van der Waals surface area (Å²) in [5.74, 6) is -0.436. The van der Waals surface area contributed by atoms with Gasteiger partial charge in [-0.2, -0.15) is 0 Å². The van der Waals surface area contributed by atoms with Crippen molar-refractivity contribution in [3.8, 4) is 0 Å². The molecule has 0 aliphatic rings. The van der Waals surface area contributed by atoms with E-state index in [-0.39, 0.29) is 22.6 Å². The zero-order valence-electron chi connectivity index (χ0n) is 12.0.